The Morgan fingerprint density at radius 2 is 2.08 bits per heavy atom. The van der Waals surface area contributed by atoms with Crippen LogP contribution in [0.2, 0.25) is 0 Å². The van der Waals surface area contributed by atoms with E-state index in [9.17, 15) is 22.8 Å². The molecule has 2 aromatic rings. The van der Waals surface area contributed by atoms with Gasteiger partial charge < -0.3 is 9.88 Å². The van der Waals surface area contributed by atoms with E-state index in [4.69, 9.17) is 0 Å². The molecule has 6 nitrogen and oxygen atoms in total. The fourth-order valence-corrected chi connectivity index (χ4v) is 2.36. The van der Waals surface area contributed by atoms with Crippen molar-refractivity contribution in [3.8, 4) is 0 Å². The van der Waals surface area contributed by atoms with Crippen molar-refractivity contribution in [2.45, 2.75) is 33.1 Å². The number of amides is 1. The minimum atomic E-state index is -4.47. The van der Waals surface area contributed by atoms with Gasteiger partial charge in [-0.3, -0.25) is 14.3 Å². The summed E-state index contributed by atoms with van der Waals surface area (Å²) in [5.74, 6) is -0.648. The third-order valence-corrected chi connectivity index (χ3v) is 3.54. The molecular weight excluding hydrogens is 337 g/mol. The van der Waals surface area contributed by atoms with Crippen molar-refractivity contribution in [2.24, 2.45) is 5.92 Å². The molecule has 0 aromatic carbocycles. The van der Waals surface area contributed by atoms with Crippen LogP contribution in [-0.2, 0) is 24.1 Å². The summed E-state index contributed by atoms with van der Waals surface area (Å²) in [7, 11) is 0. The highest BCUT2D eigenvalue weighted by Crippen LogP contribution is 2.30. The van der Waals surface area contributed by atoms with Gasteiger partial charge in [-0.15, -0.1) is 0 Å². The van der Waals surface area contributed by atoms with Crippen LogP contribution in [0.1, 0.15) is 18.3 Å². The highest BCUT2D eigenvalue weighted by molar-refractivity contribution is 5.75. The summed E-state index contributed by atoms with van der Waals surface area (Å²) >= 11 is 0. The van der Waals surface area contributed by atoms with Crippen molar-refractivity contribution in [3.05, 3.63) is 52.2 Å². The molecule has 0 fully saturated rings. The number of aryl methyl sites for hydroxylation is 1. The molecule has 0 radical (unpaired) electrons. The Bertz CT molecular complexity index is 795. The highest BCUT2D eigenvalue weighted by Gasteiger charge is 2.35. The van der Waals surface area contributed by atoms with Gasteiger partial charge in [-0.05, 0) is 25.0 Å². The van der Waals surface area contributed by atoms with Crippen molar-refractivity contribution < 1.29 is 18.0 Å². The van der Waals surface area contributed by atoms with Crippen LogP contribution < -0.4 is 10.9 Å². The molecular formula is C16H19F3N4O2. The van der Waals surface area contributed by atoms with Crippen LogP contribution in [-0.4, -0.2) is 26.8 Å². The predicted molar refractivity (Wildman–Crippen MR) is 84.8 cm³/mol. The van der Waals surface area contributed by atoms with Gasteiger partial charge in [0.25, 0.3) is 5.56 Å². The molecule has 2 heterocycles. The van der Waals surface area contributed by atoms with E-state index in [1.807, 2.05) is 0 Å². The fourth-order valence-electron chi connectivity index (χ4n) is 2.36. The Morgan fingerprint density at radius 3 is 2.72 bits per heavy atom. The first kappa shape index (κ1) is 18.8. The van der Waals surface area contributed by atoms with E-state index in [0.29, 0.717) is 0 Å². The zero-order chi connectivity index (χ0) is 18.6. The largest absolute Gasteiger partial charge is 0.433 e. The summed E-state index contributed by atoms with van der Waals surface area (Å²) in [5.41, 5.74) is -0.821. The van der Waals surface area contributed by atoms with Crippen molar-refractivity contribution in [3.63, 3.8) is 0 Å². The fraction of sp³-hybridized carbons (Fsp3) is 0.438. The number of halogens is 3. The summed E-state index contributed by atoms with van der Waals surface area (Å²) < 4.78 is 41.0. The van der Waals surface area contributed by atoms with Gasteiger partial charge in [-0.2, -0.15) is 18.3 Å². The Hall–Kier alpha value is -2.58. The molecule has 1 N–H and O–H groups in total. The number of nitrogens with zero attached hydrogens (tertiary/aromatic N) is 3. The molecule has 0 aliphatic carbocycles. The average Bonchev–Trinajstić information content (AvgIpc) is 2.88. The third-order valence-electron chi connectivity index (χ3n) is 3.54. The molecule has 1 atom stereocenters. The lowest BCUT2D eigenvalue weighted by Gasteiger charge is -2.16. The smallest absolute Gasteiger partial charge is 0.354 e. The lowest BCUT2D eigenvalue weighted by Crippen LogP contribution is -2.35. The van der Waals surface area contributed by atoms with Crippen LogP contribution >= 0.6 is 0 Å². The van der Waals surface area contributed by atoms with E-state index >= 15 is 0 Å². The zero-order valence-corrected chi connectivity index (χ0v) is 13.9. The predicted octanol–water partition coefficient (Wildman–Crippen LogP) is 1.82. The Kier molecular flexibility index (Phi) is 5.66. The maximum absolute atomic E-state index is 12.9. The topological polar surface area (TPSA) is 68.9 Å². The Morgan fingerprint density at radius 1 is 1.36 bits per heavy atom. The second-order valence-electron chi connectivity index (χ2n) is 5.93. The maximum Gasteiger partial charge on any atom is 0.433 e. The molecule has 0 unspecified atom stereocenters. The number of aromatic nitrogens is 3. The van der Waals surface area contributed by atoms with Crippen LogP contribution in [0.5, 0.6) is 0 Å². The number of carbonyl (C=O) groups is 1. The normalized spacial score (nSPS) is 12.8. The molecule has 2 rings (SSSR count). The third kappa shape index (κ3) is 5.20. The lowest BCUT2D eigenvalue weighted by molar-refractivity contribution is -0.144. The molecule has 1 amide bonds. The zero-order valence-electron chi connectivity index (χ0n) is 13.9. The number of nitrogens with one attached hydrogen (secondary N) is 1. The molecule has 25 heavy (non-hydrogen) atoms. The second kappa shape index (κ2) is 7.54. The summed E-state index contributed by atoms with van der Waals surface area (Å²) in [6, 6.07) is 5.54. The summed E-state index contributed by atoms with van der Waals surface area (Å²) in [6.07, 6.45) is -2.98. The summed E-state index contributed by atoms with van der Waals surface area (Å²) in [6.45, 7) is 3.27. The number of alkyl halides is 3. The van der Waals surface area contributed by atoms with E-state index in [1.54, 1.807) is 19.1 Å². The van der Waals surface area contributed by atoms with E-state index < -0.39 is 11.9 Å². The molecule has 0 saturated carbocycles. The first-order valence-corrected chi connectivity index (χ1v) is 7.70. The molecule has 0 aliphatic heterocycles. The van der Waals surface area contributed by atoms with E-state index in [2.05, 4.69) is 10.4 Å². The van der Waals surface area contributed by atoms with Crippen molar-refractivity contribution >= 4 is 5.91 Å². The Balaban J connectivity index is 1.91. The molecule has 2 aromatic heterocycles. The van der Waals surface area contributed by atoms with Crippen molar-refractivity contribution in [2.75, 3.05) is 6.54 Å². The minimum absolute atomic E-state index is 0.0221. The van der Waals surface area contributed by atoms with Crippen LogP contribution in [0.15, 0.2) is 35.3 Å². The van der Waals surface area contributed by atoms with Gasteiger partial charge in [0, 0.05) is 25.4 Å². The van der Waals surface area contributed by atoms with Gasteiger partial charge in [0.2, 0.25) is 5.91 Å². The number of pyridine rings is 1. The molecule has 0 spiro atoms. The van der Waals surface area contributed by atoms with Gasteiger partial charge in [0.05, 0.1) is 5.69 Å². The molecule has 136 valence electrons. The van der Waals surface area contributed by atoms with Crippen molar-refractivity contribution in [1.82, 2.24) is 19.7 Å². The van der Waals surface area contributed by atoms with Gasteiger partial charge in [-0.25, -0.2) is 0 Å². The first-order chi connectivity index (χ1) is 11.7. The van der Waals surface area contributed by atoms with Gasteiger partial charge in [0.15, 0.2) is 0 Å². The highest BCUT2D eigenvalue weighted by atomic mass is 19.4. The summed E-state index contributed by atoms with van der Waals surface area (Å²) in [4.78, 5) is 23.4. The van der Waals surface area contributed by atoms with E-state index in [-0.39, 0.29) is 42.7 Å². The Labute approximate surface area is 142 Å². The monoisotopic (exact) mass is 356 g/mol. The van der Waals surface area contributed by atoms with Gasteiger partial charge >= 0.3 is 6.18 Å². The van der Waals surface area contributed by atoms with E-state index in [0.717, 1.165) is 10.7 Å². The SMILES string of the molecule is Cc1cc(C(F)(F)F)n(C[C@H](C)CNC(=O)Cn2ccccc2=O)n1. The van der Waals surface area contributed by atoms with Crippen LogP contribution in [0.25, 0.3) is 0 Å². The molecule has 0 saturated heterocycles. The number of rotatable bonds is 6. The number of hydrogen-bond donors (Lipinski definition) is 1. The molecule has 0 aliphatic rings. The standard InChI is InChI=1S/C16H19F3N4O2/c1-11(9-23-13(16(17,18)19)7-12(2)21-23)8-20-14(24)10-22-6-4-3-5-15(22)25/h3-7,11H,8-10H2,1-2H3,(H,20,24)/t11-/m1/s1. The first-order valence-electron chi connectivity index (χ1n) is 7.70. The summed E-state index contributed by atoms with van der Waals surface area (Å²) in [5, 5.41) is 6.48. The van der Waals surface area contributed by atoms with Crippen LogP contribution in [0.3, 0.4) is 0 Å². The number of hydrogen-bond acceptors (Lipinski definition) is 3. The average molecular weight is 356 g/mol. The second-order valence-corrected chi connectivity index (χ2v) is 5.93. The molecule has 0 bridgehead atoms. The molecule has 9 heteroatoms. The quantitative estimate of drug-likeness (QED) is 0.859. The van der Waals surface area contributed by atoms with Crippen LogP contribution in [0, 0.1) is 12.8 Å². The van der Waals surface area contributed by atoms with E-state index in [1.165, 1.54) is 23.8 Å². The number of carbonyl (C=O) groups excluding carboxylic acids is 1. The van der Waals surface area contributed by atoms with Crippen LogP contribution in [0.4, 0.5) is 13.2 Å². The maximum atomic E-state index is 12.9. The van der Waals surface area contributed by atoms with Gasteiger partial charge in [0.1, 0.15) is 12.2 Å². The van der Waals surface area contributed by atoms with Crippen molar-refractivity contribution in [1.29, 1.82) is 0 Å². The van der Waals surface area contributed by atoms with Gasteiger partial charge in [-0.1, -0.05) is 13.0 Å². The lowest BCUT2D eigenvalue weighted by atomic mass is 10.2. The minimum Gasteiger partial charge on any atom is -0.354 e.